The monoisotopic (exact) mass is 658 g/mol. The van der Waals surface area contributed by atoms with Gasteiger partial charge in [0.25, 0.3) is 0 Å². The molecule has 0 bridgehead atoms. The second-order valence-corrected chi connectivity index (χ2v) is 17.7. The summed E-state index contributed by atoms with van der Waals surface area (Å²) in [6.45, 7) is 7.24. The van der Waals surface area contributed by atoms with Crippen LogP contribution in [-0.4, -0.2) is 55.8 Å². The van der Waals surface area contributed by atoms with Crippen LogP contribution in [0.15, 0.2) is 66.9 Å². The van der Waals surface area contributed by atoms with Crippen LogP contribution in [0.2, 0.25) is 0 Å². The first kappa shape index (κ1) is 31.0. The summed E-state index contributed by atoms with van der Waals surface area (Å²) in [4.78, 5) is 0. The second-order valence-electron chi connectivity index (χ2n) is 13.1. The fraction of sp³-hybridized carbons (Fsp3) is 0.474. The molecule has 0 radical (unpaired) electrons. The largest absolute Gasteiger partial charge is 0.299 e. The van der Waals surface area contributed by atoms with Gasteiger partial charge in [-0.15, -0.1) is 0 Å². The van der Waals surface area contributed by atoms with Crippen molar-refractivity contribution in [3.8, 4) is 28.1 Å². The van der Waals surface area contributed by atoms with Gasteiger partial charge in [0.1, 0.15) is 0 Å². The number of hydrogen-bond donors (Lipinski definition) is 1. The normalized spacial score (nSPS) is 23.7. The smallest absolute Gasteiger partial charge is 0.0884 e. The molecule has 0 amide bonds. The van der Waals surface area contributed by atoms with E-state index in [9.17, 15) is 0 Å². The maximum absolute atomic E-state index is 3.66. The summed E-state index contributed by atoms with van der Waals surface area (Å²) < 4.78 is 2.40. The van der Waals surface area contributed by atoms with Crippen LogP contribution in [0.4, 0.5) is 0 Å². The molecule has 2 unspecified atom stereocenters. The SMILES string of the molecule is CCC1CCC1(C)c1cccc(-c2ccccc2-n2[nH]cc2-c2c(C3CSCCSC3)cccc2C2CSCCSC2)c1C. The highest BCUT2D eigenvalue weighted by Crippen LogP contribution is 2.52. The summed E-state index contributed by atoms with van der Waals surface area (Å²) >= 11 is 8.57. The number of thioether (sulfide) groups is 4. The van der Waals surface area contributed by atoms with Crippen LogP contribution in [0.3, 0.4) is 0 Å². The van der Waals surface area contributed by atoms with Gasteiger partial charge in [-0.25, -0.2) is 0 Å². The molecule has 232 valence electrons. The molecule has 6 heteroatoms. The highest BCUT2D eigenvalue weighted by molar-refractivity contribution is 8.04. The van der Waals surface area contributed by atoms with E-state index >= 15 is 0 Å². The molecule has 44 heavy (non-hydrogen) atoms. The van der Waals surface area contributed by atoms with Gasteiger partial charge >= 0.3 is 0 Å². The minimum atomic E-state index is 0.293. The van der Waals surface area contributed by atoms with E-state index in [0.29, 0.717) is 17.3 Å². The molecular weight excluding hydrogens is 613 g/mol. The third kappa shape index (κ3) is 5.75. The fourth-order valence-electron chi connectivity index (χ4n) is 7.97. The van der Waals surface area contributed by atoms with Gasteiger partial charge in [-0.2, -0.15) is 47.0 Å². The molecule has 1 N–H and O–H groups in total. The highest BCUT2D eigenvalue weighted by atomic mass is 32.2. The number of hydrogen-bond acceptors (Lipinski definition) is 4. The van der Waals surface area contributed by atoms with Gasteiger partial charge in [-0.3, -0.25) is 9.78 Å². The van der Waals surface area contributed by atoms with Crippen LogP contribution in [-0.2, 0) is 5.41 Å². The lowest BCUT2D eigenvalue weighted by molar-refractivity contribution is 0.135. The Morgan fingerprint density at radius 2 is 1.36 bits per heavy atom. The molecule has 7 rings (SSSR count). The average molecular weight is 659 g/mol. The van der Waals surface area contributed by atoms with Crippen molar-refractivity contribution in [1.29, 1.82) is 0 Å². The molecule has 3 aliphatic rings. The van der Waals surface area contributed by atoms with E-state index in [-0.39, 0.29) is 0 Å². The number of aromatic amines is 1. The summed E-state index contributed by atoms with van der Waals surface area (Å²) in [7, 11) is 0. The molecule has 1 aromatic heterocycles. The summed E-state index contributed by atoms with van der Waals surface area (Å²) in [6.07, 6.45) is 6.20. The minimum Gasteiger partial charge on any atom is -0.299 e. The number of H-pyrrole nitrogens is 1. The lowest BCUT2D eigenvalue weighted by Crippen LogP contribution is -2.41. The van der Waals surface area contributed by atoms with Gasteiger partial charge in [0, 0.05) is 75.2 Å². The van der Waals surface area contributed by atoms with E-state index < -0.39 is 0 Å². The molecule has 4 aromatic rings. The average Bonchev–Trinajstić information content (AvgIpc) is 3.47. The predicted molar refractivity (Wildman–Crippen MR) is 201 cm³/mol. The van der Waals surface area contributed by atoms with Crippen LogP contribution in [0.5, 0.6) is 0 Å². The third-order valence-electron chi connectivity index (χ3n) is 10.6. The first-order valence-corrected chi connectivity index (χ1v) is 21.1. The van der Waals surface area contributed by atoms with Gasteiger partial charge < -0.3 is 0 Å². The first-order chi connectivity index (χ1) is 21.6. The fourth-order valence-corrected chi connectivity index (χ4v) is 13.1. The van der Waals surface area contributed by atoms with E-state index in [1.165, 1.54) is 98.9 Å². The van der Waals surface area contributed by atoms with E-state index in [1.54, 1.807) is 16.7 Å². The Morgan fingerprint density at radius 1 is 0.773 bits per heavy atom. The molecule has 2 nitrogen and oxygen atoms in total. The lowest BCUT2D eigenvalue weighted by Gasteiger charge is -2.48. The number of rotatable bonds is 7. The van der Waals surface area contributed by atoms with Crippen molar-refractivity contribution in [3.05, 3.63) is 89.1 Å². The standard InChI is InChI=1S/C38H46N2S4/c1-4-29-15-16-38(29,3)34-13-8-10-30(26(34)2)33-9-5-6-14-35(33)40-36(21-39-40)37-31(27-22-41-17-18-42-23-27)11-7-12-32(37)28-24-43-19-20-44-25-28/h5-14,21,27-29,39H,4,15-20,22-25H2,1-3H3. The Bertz CT molecular complexity index is 1530. The Kier molecular flexibility index (Phi) is 9.61. The van der Waals surface area contributed by atoms with Crippen LogP contribution in [0, 0.1) is 12.8 Å². The Hall–Kier alpha value is -1.60. The van der Waals surface area contributed by atoms with Crippen molar-refractivity contribution < 1.29 is 0 Å². The Labute approximate surface area is 281 Å². The number of para-hydroxylation sites is 1. The maximum atomic E-state index is 3.66. The molecular formula is C38H46N2S4. The van der Waals surface area contributed by atoms with Crippen LogP contribution >= 0.6 is 47.0 Å². The van der Waals surface area contributed by atoms with E-state index in [0.717, 1.165) is 5.92 Å². The van der Waals surface area contributed by atoms with Gasteiger partial charge in [0.15, 0.2) is 0 Å². The summed E-state index contributed by atoms with van der Waals surface area (Å²) in [5, 5.41) is 3.66. The zero-order valence-electron chi connectivity index (χ0n) is 26.4. The number of aromatic nitrogens is 2. The van der Waals surface area contributed by atoms with Gasteiger partial charge in [0.05, 0.1) is 11.4 Å². The van der Waals surface area contributed by atoms with Crippen molar-refractivity contribution in [2.24, 2.45) is 5.92 Å². The zero-order valence-corrected chi connectivity index (χ0v) is 29.7. The minimum absolute atomic E-state index is 0.293. The van der Waals surface area contributed by atoms with Crippen molar-refractivity contribution in [3.63, 3.8) is 0 Å². The molecule has 0 spiro atoms. The summed E-state index contributed by atoms with van der Waals surface area (Å²) in [5.74, 6) is 11.9. The molecule has 1 saturated carbocycles. The quantitative estimate of drug-likeness (QED) is 0.213. The highest BCUT2D eigenvalue weighted by Gasteiger charge is 2.43. The van der Waals surface area contributed by atoms with Crippen LogP contribution in [0.25, 0.3) is 28.1 Å². The second kappa shape index (κ2) is 13.6. The van der Waals surface area contributed by atoms with Gasteiger partial charge in [-0.1, -0.05) is 74.9 Å². The number of nitrogens with zero attached hydrogens (tertiary/aromatic N) is 1. The summed E-state index contributed by atoms with van der Waals surface area (Å²) in [5.41, 5.74) is 13.2. The number of benzene rings is 3. The van der Waals surface area contributed by atoms with E-state index in [2.05, 4.69) is 144 Å². The first-order valence-electron chi connectivity index (χ1n) is 16.5. The number of nitrogens with one attached hydrogen (secondary N) is 1. The topological polar surface area (TPSA) is 20.7 Å². The maximum Gasteiger partial charge on any atom is 0.0884 e. The lowest BCUT2D eigenvalue weighted by atomic mass is 9.56. The van der Waals surface area contributed by atoms with Crippen molar-refractivity contribution in [2.45, 2.75) is 57.3 Å². The predicted octanol–water partition coefficient (Wildman–Crippen LogP) is 10.7. The molecule has 2 saturated heterocycles. The van der Waals surface area contributed by atoms with E-state index in [4.69, 9.17) is 0 Å². The molecule has 2 atom stereocenters. The van der Waals surface area contributed by atoms with Gasteiger partial charge in [0.2, 0.25) is 0 Å². The zero-order chi connectivity index (χ0) is 30.1. The third-order valence-corrected chi connectivity index (χ3v) is 15.7. The molecule has 1 aliphatic carbocycles. The van der Waals surface area contributed by atoms with Crippen LogP contribution < -0.4 is 0 Å². The van der Waals surface area contributed by atoms with Crippen molar-refractivity contribution in [1.82, 2.24) is 9.78 Å². The van der Waals surface area contributed by atoms with Crippen molar-refractivity contribution >= 4 is 47.0 Å². The summed E-state index contributed by atoms with van der Waals surface area (Å²) in [6, 6.07) is 23.4. The molecule has 2 aliphatic heterocycles. The molecule has 3 fully saturated rings. The molecule has 3 heterocycles. The van der Waals surface area contributed by atoms with Gasteiger partial charge in [-0.05, 0) is 65.0 Å². The Balaban J connectivity index is 1.34. The van der Waals surface area contributed by atoms with Crippen molar-refractivity contribution in [2.75, 3.05) is 46.0 Å². The van der Waals surface area contributed by atoms with E-state index in [1.807, 2.05) is 0 Å². The molecule has 3 aromatic carbocycles. The van der Waals surface area contributed by atoms with Crippen LogP contribution in [0.1, 0.15) is 67.2 Å². The Morgan fingerprint density at radius 3 is 1.91 bits per heavy atom.